The van der Waals surface area contributed by atoms with Crippen LogP contribution in [-0.4, -0.2) is 40.8 Å². The Morgan fingerprint density at radius 1 is 1.40 bits per heavy atom. The molecule has 1 saturated heterocycles. The highest BCUT2D eigenvalue weighted by molar-refractivity contribution is 7.13. The van der Waals surface area contributed by atoms with E-state index >= 15 is 0 Å². The quantitative estimate of drug-likeness (QED) is 0.888. The summed E-state index contributed by atoms with van der Waals surface area (Å²) >= 11 is 1.47. The van der Waals surface area contributed by atoms with Gasteiger partial charge in [-0.3, -0.25) is 9.59 Å². The van der Waals surface area contributed by atoms with Crippen LogP contribution in [0.15, 0.2) is 28.2 Å². The first kappa shape index (κ1) is 17.7. The average molecular weight is 361 g/mol. The maximum atomic E-state index is 12.2. The molecule has 1 aliphatic rings. The van der Waals surface area contributed by atoms with Gasteiger partial charge in [-0.2, -0.15) is 0 Å². The van der Waals surface area contributed by atoms with Crippen LogP contribution in [0.2, 0.25) is 0 Å². The third kappa shape index (κ3) is 4.48. The van der Waals surface area contributed by atoms with Gasteiger partial charge in [0.05, 0.1) is 18.4 Å². The number of nitrogens with zero attached hydrogens (tertiary/aromatic N) is 2. The summed E-state index contributed by atoms with van der Waals surface area (Å²) < 4.78 is 5.32. The summed E-state index contributed by atoms with van der Waals surface area (Å²) in [5.74, 6) is 0.917. The molecule has 0 bridgehead atoms. The minimum Gasteiger partial charge on any atom is -0.462 e. The predicted molar refractivity (Wildman–Crippen MR) is 96.1 cm³/mol. The van der Waals surface area contributed by atoms with Crippen molar-refractivity contribution in [2.75, 3.05) is 13.1 Å². The highest BCUT2D eigenvalue weighted by Gasteiger charge is 2.25. The molecule has 3 rings (SSSR count). The third-order valence-corrected chi connectivity index (χ3v) is 5.20. The van der Waals surface area contributed by atoms with Gasteiger partial charge in [-0.15, -0.1) is 11.3 Å². The molecule has 3 heterocycles. The molecule has 0 aliphatic carbocycles. The van der Waals surface area contributed by atoms with Crippen LogP contribution in [0.5, 0.6) is 0 Å². The summed E-state index contributed by atoms with van der Waals surface area (Å²) in [6.45, 7) is 5.25. The standard InChI is InChI=1S/C18H23N3O3S/c1-12(2)18(23)21-7-5-13(6-8-21)19-16(22)10-14-11-25-17(20-14)15-4-3-9-24-15/h3-4,9,11-13H,5-8,10H2,1-2H3,(H,19,22). The molecule has 2 aromatic rings. The lowest BCUT2D eigenvalue weighted by Crippen LogP contribution is -2.47. The molecule has 1 fully saturated rings. The fraction of sp³-hybridized carbons (Fsp3) is 0.500. The van der Waals surface area contributed by atoms with E-state index in [1.807, 2.05) is 36.3 Å². The predicted octanol–water partition coefficient (Wildman–Crippen LogP) is 2.71. The number of amides is 2. The molecule has 0 unspecified atom stereocenters. The van der Waals surface area contributed by atoms with Gasteiger partial charge in [0.1, 0.15) is 0 Å². The second-order valence-corrected chi connectivity index (χ2v) is 7.48. The summed E-state index contributed by atoms with van der Waals surface area (Å²) in [6.07, 6.45) is 3.49. The Balaban J connectivity index is 1.47. The first-order valence-corrected chi connectivity index (χ1v) is 9.47. The van der Waals surface area contributed by atoms with E-state index in [0.717, 1.165) is 29.3 Å². The summed E-state index contributed by atoms with van der Waals surface area (Å²) in [7, 11) is 0. The van der Waals surface area contributed by atoms with Crippen molar-refractivity contribution < 1.29 is 14.0 Å². The SMILES string of the molecule is CC(C)C(=O)N1CCC(NC(=O)Cc2csc(-c3ccco3)n2)CC1. The van der Waals surface area contributed by atoms with E-state index in [1.54, 1.807) is 6.26 Å². The van der Waals surface area contributed by atoms with E-state index < -0.39 is 0 Å². The van der Waals surface area contributed by atoms with Crippen molar-refractivity contribution in [3.8, 4) is 10.8 Å². The van der Waals surface area contributed by atoms with Crippen LogP contribution in [-0.2, 0) is 16.0 Å². The molecule has 6 nitrogen and oxygen atoms in total. The Labute approximate surface area is 151 Å². The van der Waals surface area contributed by atoms with Crippen molar-refractivity contribution in [1.82, 2.24) is 15.2 Å². The van der Waals surface area contributed by atoms with Gasteiger partial charge in [0.2, 0.25) is 11.8 Å². The summed E-state index contributed by atoms with van der Waals surface area (Å²) in [6, 6.07) is 3.81. The molecule has 1 N–H and O–H groups in total. The molecule has 7 heteroatoms. The Morgan fingerprint density at radius 3 is 2.80 bits per heavy atom. The summed E-state index contributed by atoms with van der Waals surface area (Å²) in [5.41, 5.74) is 0.751. The zero-order valence-corrected chi connectivity index (χ0v) is 15.3. The molecule has 0 saturated carbocycles. The van der Waals surface area contributed by atoms with Crippen molar-refractivity contribution in [2.24, 2.45) is 5.92 Å². The molecule has 0 aromatic carbocycles. The summed E-state index contributed by atoms with van der Waals surface area (Å²) in [5, 5.41) is 5.74. The van der Waals surface area contributed by atoms with Crippen LogP contribution in [0.25, 0.3) is 10.8 Å². The van der Waals surface area contributed by atoms with E-state index in [1.165, 1.54) is 11.3 Å². The van der Waals surface area contributed by atoms with E-state index in [4.69, 9.17) is 4.42 Å². The van der Waals surface area contributed by atoms with Gasteiger partial charge < -0.3 is 14.6 Å². The number of carbonyl (C=O) groups excluding carboxylic acids is 2. The number of likely N-dealkylation sites (tertiary alicyclic amines) is 1. The Bertz CT molecular complexity index is 716. The fourth-order valence-electron chi connectivity index (χ4n) is 2.95. The van der Waals surface area contributed by atoms with Crippen LogP contribution in [0.3, 0.4) is 0 Å². The minimum atomic E-state index is -0.0232. The van der Waals surface area contributed by atoms with Crippen molar-refractivity contribution in [3.05, 3.63) is 29.5 Å². The van der Waals surface area contributed by atoms with Gasteiger partial charge in [0.25, 0.3) is 0 Å². The average Bonchev–Trinajstić information content (AvgIpc) is 3.26. The highest BCUT2D eigenvalue weighted by atomic mass is 32.1. The number of aromatic nitrogens is 1. The first-order chi connectivity index (χ1) is 12.0. The molecule has 0 radical (unpaired) electrons. The van der Waals surface area contributed by atoms with Crippen molar-refractivity contribution in [3.63, 3.8) is 0 Å². The normalized spacial score (nSPS) is 15.6. The van der Waals surface area contributed by atoms with Crippen LogP contribution >= 0.6 is 11.3 Å². The van der Waals surface area contributed by atoms with Crippen molar-refractivity contribution in [2.45, 2.75) is 39.2 Å². The lowest BCUT2D eigenvalue weighted by molar-refractivity contribution is -0.135. The number of piperidine rings is 1. The Morgan fingerprint density at radius 2 is 2.16 bits per heavy atom. The van der Waals surface area contributed by atoms with E-state index in [9.17, 15) is 9.59 Å². The van der Waals surface area contributed by atoms with Crippen LogP contribution < -0.4 is 5.32 Å². The number of hydrogen-bond acceptors (Lipinski definition) is 5. The molecular formula is C18H23N3O3S. The summed E-state index contributed by atoms with van der Waals surface area (Å²) in [4.78, 5) is 30.6. The number of rotatable bonds is 5. The van der Waals surface area contributed by atoms with Crippen molar-refractivity contribution in [1.29, 1.82) is 0 Å². The Kier molecular flexibility index (Phi) is 5.53. The first-order valence-electron chi connectivity index (χ1n) is 8.59. The molecule has 0 atom stereocenters. The number of thiazole rings is 1. The minimum absolute atomic E-state index is 0.0232. The fourth-order valence-corrected chi connectivity index (χ4v) is 3.74. The maximum absolute atomic E-state index is 12.2. The third-order valence-electron chi connectivity index (χ3n) is 4.29. The monoisotopic (exact) mass is 361 g/mol. The van der Waals surface area contributed by atoms with Gasteiger partial charge in [-0.25, -0.2) is 4.98 Å². The smallest absolute Gasteiger partial charge is 0.226 e. The second-order valence-electron chi connectivity index (χ2n) is 6.62. The zero-order chi connectivity index (χ0) is 17.8. The van der Waals surface area contributed by atoms with Crippen LogP contribution in [0.4, 0.5) is 0 Å². The van der Waals surface area contributed by atoms with Gasteiger partial charge >= 0.3 is 0 Å². The molecule has 2 amide bonds. The zero-order valence-electron chi connectivity index (χ0n) is 14.5. The number of nitrogens with one attached hydrogen (secondary N) is 1. The molecule has 25 heavy (non-hydrogen) atoms. The molecule has 0 spiro atoms. The van der Waals surface area contributed by atoms with Gasteiger partial charge in [0.15, 0.2) is 10.8 Å². The van der Waals surface area contributed by atoms with Crippen LogP contribution in [0.1, 0.15) is 32.4 Å². The van der Waals surface area contributed by atoms with Gasteiger partial charge in [-0.1, -0.05) is 13.8 Å². The molecule has 1 aliphatic heterocycles. The number of carbonyl (C=O) groups is 2. The number of hydrogen-bond donors (Lipinski definition) is 1. The van der Waals surface area contributed by atoms with E-state index in [2.05, 4.69) is 10.3 Å². The van der Waals surface area contributed by atoms with E-state index in [-0.39, 0.29) is 30.2 Å². The van der Waals surface area contributed by atoms with Crippen LogP contribution in [0, 0.1) is 5.92 Å². The number of furan rings is 1. The van der Waals surface area contributed by atoms with E-state index in [0.29, 0.717) is 13.1 Å². The molecule has 2 aromatic heterocycles. The van der Waals surface area contributed by atoms with Gasteiger partial charge in [-0.05, 0) is 25.0 Å². The highest BCUT2D eigenvalue weighted by Crippen LogP contribution is 2.24. The lowest BCUT2D eigenvalue weighted by atomic mass is 10.0. The second kappa shape index (κ2) is 7.82. The van der Waals surface area contributed by atoms with Gasteiger partial charge in [0, 0.05) is 30.4 Å². The lowest BCUT2D eigenvalue weighted by Gasteiger charge is -2.33. The largest absolute Gasteiger partial charge is 0.462 e. The maximum Gasteiger partial charge on any atom is 0.226 e. The molecular weight excluding hydrogens is 338 g/mol. The topological polar surface area (TPSA) is 75.4 Å². The van der Waals surface area contributed by atoms with Crippen molar-refractivity contribution >= 4 is 23.2 Å². The molecule has 134 valence electrons. The Hall–Kier alpha value is -2.15.